The number of aromatic nitrogens is 2. The zero-order valence-corrected chi connectivity index (χ0v) is 9.40. The van der Waals surface area contributed by atoms with Crippen molar-refractivity contribution in [2.24, 2.45) is 0 Å². The third-order valence-corrected chi connectivity index (χ3v) is 1.33. The Morgan fingerprint density at radius 3 is 2.42 bits per heavy atom. The first-order valence-electron chi connectivity index (χ1n) is 2.85. The molecule has 5 heteroatoms. The minimum atomic E-state index is 0. The summed E-state index contributed by atoms with van der Waals surface area (Å²) in [5.41, 5.74) is 2.12. The molecule has 2 aromatic rings. The van der Waals surface area contributed by atoms with E-state index in [2.05, 4.69) is 9.97 Å². The Morgan fingerprint density at radius 2 is 1.75 bits per heavy atom. The number of hydrogen-bond acceptors (Lipinski definition) is 1. The fourth-order valence-electron chi connectivity index (χ4n) is 0.880. The molecule has 0 aliphatic heterocycles. The number of hydrogen-bond donors (Lipinski definition) is 1. The van der Waals surface area contributed by atoms with Crippen molar-refractivity contribution in [3.8, 4) is 0 Å². The lowest BCUT2D eigenvalue weighted by atomic mass is 10.3. The summed E-state index contributed by atoms with van der Waals surface area (Å²) in [6.07, 6.45) is 1.70. The number of H-pyrrole nitrogens is 1. The number of halogens is 2. The number of nitrogens with zero attached hydrogens (tertiary/aromatic N) is 1. The van der Waals surface area contributed by atoms with Crippen molar-refractivity contribution < 1.29 is 0 Å². The Labute approximate surface area is 86.6 Å². The predicted molar refractivity (Wildman–Crippen MR) is 61.7 cm³/mol. The van der Waals surface area contributed by atoms with E-state index in [1.54, 1.807) is 6.33 Å². The Bertz CT molecular complexity index is 293. The van der Waals surface area contributed by atoms with Crippen LogP contribution in [0.5, 0.6) is 0 Å². The molecule has 1 atom stereocenters. The SMILES string of the molecule is Cl.Cl.P.c1ccc2[nH]cnc2c1. The lowest BCUT2D eigenvalue weighted by Gasteiger charge is -1.81. The van der Waals surface area contributed by atoms with Gasteiger partial charge in [0.05, 0.1) is 17.4 Å². The van der Waals surface area contributed by atoms with Gasteiger partial charge in [0.25, 0.3) is 0 Å². The maximum absolute atomic E-state index is 4.06. The van der Waals surface area contributed by atoms with Gasteiger partial charge in [0.15, 0.2) is 0 Å². The molecule has 0 fully saturated rings. The van der Waals surface area contributed by atoms with E-state index in [1.807, 2.05) is 24.3 Å². The van der Waals surface area contributed by atoms with E-state index in [9.17, 15) is 0 Å². The topological polar surface area (TPSA) is 28.7 Å². The van der Waals surface area contributed by atoms with Gasteiger partial charge in [0.1, 0.15) is 0 Å². The third kappa shape index (κ3) is 2.63. The third-order valence-electron chi connectivity index (χ3n) is 1.33. The fraction of sp³-hybridized carbons (Fsp3) is 0. The average Bonchev–Trinajstić information content (AvgIpc) is 2.33. The van der Waals surface area contributed by atoms with E-state index in [-0.39, 0.29) is 34.7 Å². The van der Waals surface area contributed by atoms with E-state index < -0.39 is 0 Å². The van der Waals surface area contributed by atoms with Gasteiger partial charge < -0.3 is 4.98 Å². The van der Waals surface area contributed by atoms with Gasteiger partial charge in [-0.3, -0.25) is 0 Å². The van der Waals surface area contributed by atoms with Gasteiger partial charge in [-0.15, -0.1) is 24.8 Å². The number of nitrogens with one attached hydrogen (secondary N) is 1. The van der Waals surface area contributed by atoms with Crippen molar-refractivity contribution in [1.29, 1.82) is 0 Å². The molecular formula is C7H11Cl2N2P. The highest BCUT2D eigenvalue weighted by atomic mass is 35.5. The van der Waals surface area contributed by atoms with E-state index >= 15 is 0 Å². The summed E-state index contributed by atoms with van der Waals surface area (Å²) in [5.74, 6) is 0. The van der Waals surface area contributed by atoms with Crippen molar-refractivity contribution >= 4 is 45.7 Å². The number of aromatic amines is 1. The summed E-state index contributed by atoms with van der Waals surface area (Å²) >= 11 is 0. The van der Waals surface area contributed by atoms with Gasteiger partial charge in [-0.2, -0.15) is 9.90 Å². The van der Waals surface area contributed by atoms with Crippen LogP contribution in [0.3, 0.4) is 0 Å². The predicted octanol–water partition coefficient (Wildman–Crippen LogP) is 2.46. The van der Waals surface area contributed by atoms with Crippen LogP contribution in [0.25, 0.3) is 11.0 Å². The Balaban J connectivity index is 0. The number of rotatable bonds is 0. The molecule has 68 valence electrons. The Morgan fingerprint density at radius 1 is 1.08 bits per heavy atom. The highest BCUT2D eigenvalue weighted by Gasteiger charge is 1.88. The summed E-state index contributed by atoms with van der Waals surface area (Å²) in [6.45, 7) is 0. The van der Waals surface area contributed by atoms with E-state index in [0.717, 1.165) is 11.0 Å². The van der Waals surface area contributed by atoms with Gasteiger partial charge in [0.2, 0.25) is 0 Å². The molecule has 0 aliphatic carbocycles. The van der Waals surface area contributed by atoms with Crippen LogP contribution in [-0.2, 0) is 0 Å². The molecule has 1 heterocycles. The first-order valence-corrected chi connectivity index (χ1v) is 2.85. The quantitative estimate of drug-likeness (QED) is 0.685. The zero-order chi connectivity index (χ0) is 6.10. The largest absolute Gasteiger partial charge is 0.345 e. The molecule has 0 saturated carbocycles. The van der Waals surface area contributed by atoms with Crippen molar-refractivity contribution in [2.45, 2.75) is 0 Å². The second-order valence-electron chi connectivity index (χ2n) is 1.92. The van der Waals surface area contributed by atoms with Crippen LogP contribution in [0.2, 0.25) is 0 Å². The van der Waals surface area contributed by atoms with Crippen LogP contribution in [0.1, 0.15) is 0 Å². The van der Waals surface area contributed by atoms with Crippen molar-refractivity contribution in [2.75, 3.05) is 0 Å². The highest BCUT2D eigenvalue weighted by Crippen LogP contribution is 2.05. The molecule has 0 amide bonds. The highest BCUT2D eigenvalue weighted by molar-refractivity contribution is 6.92. The van der Waals surface area contributed by atoms with Gasteiger partial charge in [-0.1, -0.05) is 12.1 Å². The second kappa shape index (κ2) is 6.24. The summed E-state index contributed by atoms with van der Waals surface area (Å²) in [5, 5.41) is 0. The van der Waals surface area contributed by atoms with Gasteiger partial charge in [-0.05, 0) is 12.1 Å². The molecule has 12 heavy (non-hydrogen) atoms. The van der Waals surface area contributed by atoms with Crippen LogP contribution in [0, 0.1) is 0 Å². The van der Waals surface area contributed by atoms with E-state index in [0.29, 0.717) is 0 Å². The summed E-state index contributed by atoms with van der Waals surface area (Å²) in [4.78, 5) is 7.07. The zero-order valence-electron chi connectivity index (χ0n) is 6.36. The monoisotopic (exact) mass is 224 g/mol. The minimum Gasteiger partial charge on any atom is -0.345 e. The summed E-state index contributed by atoms with van der Waals surface area (Å²) < 4.78 is 0. The Hall–Kier alpha value is -0.300. The maximum Gasteiger partial charge on any atom is 0.0931 e. The summed E-state index contributed by atoms with van der Waals surface area (Å²) in [7, 11) is 0. The van der Waals surface area contributed by atoms with Crippen molar-refractivity contribution in [1.82, 2.24) is 9.97 Å². The molecule has 1 N–H and O–H groups in total. The lowest BCUT2D eigenvalue weighted by molar-refractivity contribution is 1.34. The van der Waals surface area contributed by atoms with Gasteiger partial charge in [-0.25, -0.2) is 4.98 Å². The molecule has 0 bridgehead atoms. The first-order chi connectivity index (χ1) is 4.47. The molecule has 0 spiro atoms. The summed E-state index contributed by atoms with van der Waals surface area (Å²) in [6, 6.07) is 7.94. The second-order valence-corrected chi connectivity index (χ2v) is 1.92. The van der Waals surface area contributed by atoms with E-state index in [4.69, 9.17) is 0 Å². The smallest absolute Gasteiger partial charge is 0.0931 e. The fourth-order valence-corrected chi connectivity index (χ4v) is 0.880. The lowest BCUT2D eigenvalue weighted by Crippen LogP contribution is -1.63. The number of para-hydroxylation sites is 2. The molecular weight excluding hydrogens is 214 g/mol. The standard InChI is InChI=1S/C7H6N2.2ClH.H3P/c1-2-4-7-6(3-1)8-5-9-7;;;/h1-5H,(H,8,9);2*1H;1H3. The molecule has 1 aromatic carbocycles. The van der Waals surface area contributed by atoms with Crippen LogP contribution in [-0.4, -0.2) is 9.97 Å². The van der Waals surface area contributed by atoms with E-state index in [1.165, 1.54) is 0 Å². The molecule has 0 aliphatic rings. The van der Waals surface area contributed by atoms with Crippen LogP contribution in [0.15, 0.2) is 30.6 Å². The molecule has 0 saturated heterocycles. The number of imidazole rings is 1. The van der Waals surface area contributed by atoms with Crippen molar-refractivity contribution in [3.05, 3.63) is 30.6 Å². The maximum atomic E-state index is 4.06. The Kier molecular flexibility index (Phi) is 7.41. The van der Waals surface area contributed by atoms with Crippen LogP contribution >= 0.6 is 34.7 Å². The first kappa shape index (κ1) is 14.2. The van der Waals surface area contributed by atoms with Crippen LogP contribution in [0.4, 0.5) is 0 Å². The minimum absolute atomic E-state index is 0. The molecule has 0 radical (unpaired) electrons. The molecule has 1 aromatic heterocycles. The van der Waals surface area contributed by atoms with Crippen LogP contribution < -0.4 is 0 Å². The van der Waals surface area contributed by atoms with Crippen molar-refractivity contribution in [3.63, 3.8) is 0 Å². The molecule has 1 unspecified atom stereocenters. The van der Waals surface area contributed by atoms with Gasteiger partial charge in [0, 0.05) is 0 Å². The molecule has 2 nitrogen and oxygen atoms in total. The number of benzene rings is 1. The number of fused-ring (bicyclic) bond motifs is 1. The molecule has 2 rings (SSSR count). The van der Waals surface area contributed by atoms with Gasteiger partial charge >= 0.3 is 0 Å². The normalized spacial score (nSPS) is 7.67. The average molecular weight is 225 g/mol.